The number of aromatic nitrogens is 2. The maximum atomic E-state index is 12.4. The monoisotopic (exact) mass is 517 g/mol. The van der Waals surface area contributed by atoms with E-state index >= 15 is 0 Å². The molecule has 0 spiro atoms. The van der Waals surface area contributed by atoms with E-state index < -0.39 is 15.9 Å². The summed E-state index contributed by atoms with van der Waals surface area (Å²) in [6.07, 6.45) is 1.12. The maximum Gasteiger partial charge on any atom is 0.325 e. The molecule has 0 aliphatic heterocycles. The number of anilines is 3. The van der Waals surface area contributed by atoms with E-state index in [0.717, 1.165) is 6.26 Å². The van der Waals surface area contributed by atoms with Gasteiger partial charge in [-0.1, -0.05) is 23.5 Å². The molecule has 4 rings (SSSR count). The number of nitrogens with one attached hydrogen (secondary N) is 3. The van der Waals surface area contributed by atoms with Crippen LogP contribution in [0.15, 0.2) is 52.7 Å². The number of rotatable bonds is 7. The summed E-state index contributed by atoms with van der Waals surface area (Å²) in [5.41, 5.74) is 1.59. The van der Waals surface area contributed by atoms with Gasteiger partial charge in [0.15, 0.2) is 20.1 Å². The van der Waals surface area contributed by atoms with Gasteiger partial charge in [0.25, 0.3) is 0 Å². The van der Waals surface area contributed by atoms with Crippen molar-refractivity contribution >= 4 is 70.6 Å². The van der Waals surface area contributed by atoms with Crippen LogP contribution in [0, 0.1) is 0 Å². The first kappa shape index (κ1) is 23.6. The number of methoxy groups -OCH3 is 1. The Morgan fingerprint density at radius 3 is 2.59 bits per heavy atom. The highest BCUT2D eigenvalue weighted by molar-refractivity contribution is 7.90. The minimum atomic E-state index is -3.33. The Hall–Kier alpha value is -3.55. The second-order valence-corrected chi connectivity index (χ2v) is 11.0. The van der Waals surface area contributed by atoms with Crippen LogP contribution in [-0.4, -0.2) is 43.7 Å². The Morgan fingerprint density at radius 1 is 1.03 bits per heavy atom. The minimum Gasteiger partial charge on any atom is -0.495 e. The van der Waals surface area contributed by atoms with Crippen molar-refractivity contribution in [3.8, 4) is 5.75 Å². The molecule has 4 aromatic rings. The van der Waals surface area contributed by atoms with Gasteiger partial charge in [-0.25, -0.2) is 23.2 Å². The highest BCUT2D eigenvalue weighted by Gasteiger charge is 2.14. The van der Waals surface area contributed by atoms with Crippen molar-refractivity contribution in [2.45, 2.75) is 11.3 Å². The van der Waals surface area contributed by atoms with Crippen molar-refractivity contribution < 1.29 is 22.7 Å². The Bertz CT molecular complexity index is 1480. The topological polar surface area (TPSA) is 139 Å². The summed E-state index contributed by atoms with van der Waals surface area (Å²) in [7, 11) is -1.82. The smallest absolute Gasteiger partial charge is 0.325 e. The molecule has 0 saturated carbocycles. The van der Waals surface area contributed by atoms with Gasteiger partial charge >= 0.3 is 6.03 Å². The lowest BCUT2D eigenvalue weighted by Crippen LogP contribution is -2.20. The van der Waals surface area contributed by atoms with Crippen molar-refractivity contribution in [1.29, 1.82) is 0 Å². The molecule has 3 amide bonds. The molecule has 176 valence electrons. The molecule has 3 N–H and O–H groups in total. The fourth-order valence-corrected chi connectivity index (χ4v) is 5.31. The van der Waals surface area contributed by atoms with E-state index in [9.17, 15) is 18.0 Å². The molecule has 34 heavy (non-hydrogen) atoms. The number of sulfone groups is 1. The highest BCUT2D eigenvalue weighted by Crippen LogP contribution is 2.28. The standard InChI is InChI=1S/C21H19N5O5S3/c1-31-16-6-4-3-5-14(16)23-19(28)26-20-22-12(11-32-20)9-18(27)25-21-24-15-8-7-13(34(2,29)30)10-17(15)33-21/h3-8,10-11H,9H2,1-2H3,(H,24,25,27)(H2,22,23,26,28). The number of thiazole rings is 2. The van der Waals surface area contributed by atoms with Gasteiger partial charge in [-0.2, -0.15) is 0 Å². The van der Waals surface area contributed by atoms with E-state index in [1.165, 1.54) is 41.9 Å². The van der Waals surface area contributed by atoms with Gasteiger partial charge in [0.2, 0.25) is 5.91 Å². The zero-order valence-electron chi connectivity index (χ0n) is 18.0. The van der Waals surface area contributed by atoms with Crippen LogP contribution in [0.3, 0.4) is 0 Å². The van der Waals surface area contributed by atoms with Crippen LogP contribution in [-0.2, 0) is 21.1 Å². The zero-order valence-corrected chi connectivity index (χ0v) is 20.4. The molecular weight excluding hydrogens is 498 g/mol. The molecule has 2 aromatic heterocycles. The quantitative estimate of drug-likeness (QED) is 0.337. The third kappa shape index (κ3) is 5.68. The average molecular weight is 518 g/mol. The second kappa shape index (κ2) is 9.75. The molecule has 0 unspecified atom stereocenters. The number of carbonyl (C=O) groups excluding carboxylic acids is 2. The number of amides is 3. The summed E-state index contributed by atoms with van der Waals surface area (Å²) in [6.45, 7) is 0. The van der Waals surface area contributed by atoms with Gasteiger partial charge in [-0.3, -0.25) is 10.1 Å². The van der Waals surface area contributed by atoms with Crippen molar-refractivity contribution in [2.24, 2.45) is 0 Å². The average Bonchev–Trinajstić information content (AvgIpc) is 3.38. The predicted molar refractivity (Wildman–Crippen MR) is 133 cm³/mol. The minimum absolute atomic E-state index is 0.0170. The molecule has 13 heteroatoms. The summed E-state index contributed by atoms with van der Waals surface area (Å²) in [5, 5.41) is 10.4. The molecule has 0 aliphatic carbocycles. The third-order valence-electron chi connectivity index (χ3n) is 4.50. The van der Waals surface area contributed by atoms with Gasteiger partial charge in [-0.15, -0.1) is 11.3 Å². The molecule has 2 heterocycles. The molecule has 2 aromatic carbocycles. The van der Waals surface area contributed by atoms with Crippen LogP contribution in [0.25, 0.3) is 10.2 Å². The van der Waals surface area contributed by atoms with Crippen LogP contribution < -0.4 is 20.7 Å². The van der Waals surface area contributed by atoms with Crippen molar-refractivity contribution in [1.82, 2.24) is 9.97 Å². The van der Waals surface area contributed by atoms with E-state index in [1.807, 2.05) is 0 Å². The van der Waals surface area contributed by atoms with E-state index in [0.29, 0.717) is 37.6 Å². The maximum absolute atomic E-state index is 12.4. The molecule has 0 aliphatic rings. The summed E-state index contributed by atoms with van der Waals surface area (Å²) >= 11 is 2.37. The van der Waals surface area contributed by atoms with Crippen molar-refractivity contribution in [2.75, 3.05) is 29.3 Å². The second-order valence-electron chi connectivity index (χ2n) is 7.07. The fraction of sp³-hybridized carbons (Fsp3) is 0.143. The lowest BCUT2D eigenvalue weighted by Gasteiger charge is -2.09. The fourth-order valence-electron chi connectivity index (χ4n) is 2.96. The van der Waals surface area contributed by atoms with Gasteiger partial charge in [-0.05, 0) is 30.3 Å². The van der Waals surface area contributed by atoms with Gasteiger partial charge < -0.3 is 15.4 Å². The molecule has 0 bridgehead atoms. The van der Waals surface area contributed by atoms with Crippen molar-refractivity contribution in [3.05, 3.63) is 53.5 Å². The number of para-hydroxylation sites is 2. The predicted octanol–water partition coefficient (Wildman–Crippen LogP) is 3.99. The van der Waals surface area contributed by atoms with E-state index in [2.05, 4.69) is 25.9 Å². The summed E-state index contributed by atoms with van der Waals surface area (Å²) in [6, 6.07) is 11.1. The number of nitrogens with zero attached hydrogens (tertiary/aromatic N) is 2. The van der Waals surface area contributed by atoms with Crippen LogP contribution in [0.2, 0.25) is 0 Å². The van der Waals surface area contributed by atoms with E-state index in [-0.39, 0.29) is 17.2 Å². The van der Waals surface area contributed by atoms with Crippen molar-refractivity contribution in [3.63, 3.8) is 0 Å². The first-order valence-electron chi connectivity index (χ1n) is 9.77. The van der Waals surface area contributed by atoms with Gasteiger partial charge in [0, 0.05) is 11.6 Å². The molecule has 0 radical (unpaired) electrons. The summed E-state index contributed by atoms with van der Waals surface area (Å²) in [4.78, 5) is 33.5. The molecule has 10 nitrogen and oxygen atoms in total. The van der Waals surface area contributed by atoms with Crippen LogP contribution in [0.4, 0.5) is 20.7 Å². The number of fused-ring (bicyclic) bond motifs is 1. The number of ether oxygens (including phenoxy) is 1. The highest BCUT2D eigenvalue weighted by atomic mass is 32.2. The first-order chi connectivity index (χ1) is 16.2. The van der Waals surface area contributed by atoms with Crippen LogP contribution in [0.1, 0.15) is 5.69 Å². The van der Waals surface area contributed by atoms with E-state index in [1.54, 1.807) is 35.7 Å². The SMILES string of the molecule is COc1ccccc1NC(=O)Nc1nc(CC(=O)Nc2nc3ccc(S(C)(=O)=O)cc3s2)cs1. The van der Waals surface area contributed by atoms with Crippen LogP contribution in [0.5, 0.6) is 5.75 Å². The van der Waals surface area contributed by atoms with Crippen LogP contribution >= 0.6 is 22.7 Å². The lowest BCUT2D eigenvalue weighted by atomic mass is 10.3. The lowest BCUT2D eigenvalue weighted by molar-refractivity contribution is -0.115. The van der Waals surface area contributed by atoms with Gasteiger partial charge in [0.1, 0.15) is 5.75 Å². The third-order valence-corrected chi connectivity index (χ3v) is 7.35. The largest absolute Gasteiger partial charge is 0.495 e. The number of urea groups is 1. The zero-order chi connectivity index (χ0) is 24.3. The molecule has 0 atom stereocenters. The Labute approximate surface area is 202 Å². The first-order valence-corrected chi connectivity index (χ1v) is 13.4. The summed E-state index contributed by atoms with van der Waals surface area (Å²) in [5.74, 6) is 0.189. The molecule has 0 saturated heterocycles. The number of benzene rings is 2. The Balaban J connectivity index is 1.35. The molecular formula is C21H19N5O5S3. The Morgan fingerprint density at radius 2 is 1.82 bits per heavy atom. The van der Waals surface area contributed by atoms with E-state index in [4.69, 9.17) is 4.74 Å². The normalized spacial score (nSPS) is 11.2. The number of carbonyl (C=O) groups is 2. The number of hydrogen-bond acceptors (Lipinski definition) is 9. The molecule has 0 fully saturated rings. The number of hydrogen-bond donors (Lipinski definition) is 3. The summed E-state index contributed by atoms with van der Waals surface area (Å²) < 4.78 is 29.3. The van der Waals surface area contributed by atoms with Gasteiger partial charge in [0.05, 0.1) is 40.0 Å². The Kier molecular flexibility index (Phi) is 6.77.